The Bertz CT molecular complexity index is 3300. The molecule has 2 aliphatic heterocycles. The number of para-hydroxylation sites is 2. The average Bonchev–Trinajstić information content (AvgIpc) is 3.84. The fourth-order valence-corrected chi connectivity index (χ4v) is 9.93. The first kappa shape index (κ1) is 40.1. The summed E-state index contributed by atoms with van der Waals surface area (Å²) in [6.45, 7) is 16.2. The molecule has 11 rings (SSSR count). The van der Waals surface area contributed by atoms with Crippen LogP contribution < -0.4 is 4.74 Å². The van der Waals surface area contributed by atoms with Crippen molar-refractivity contribution in [3.63, 3.8) is 0 Å². The van der Waals surface area contributed by atoms with Gasteiger partial charge in [0.2, 0.25) is 0 Å². The first-order valence-corrected chi connectivity index (χ1v) is 21.5. The number of hydrogen-bond acceptors (Lipinski definition) is 2. The molecule has 0 atom stereocenters. The SMILES string of the molecule is CC(C)(C)c1ccnc(-n2c3[c-]c(Oc4[c-]c(-n5cc6c7ccccc7c7ccccc7c7ccccc7n-6[cH-]5)c5c(c4)C(C)(C)CCC5(C)C)ccc3c3ccccc32)c1.[Pt]. The molecule has 0 unspecified atom stereocenters. The van der Waals surface area contributed by atoms with E-state index in [9.17, 15) is 0 Å². The van der Waals surface area contributed by atoms with Crippen molar-refractivity contribution in [2.75, 3.05) is 0 Å². The molecule has 0 fully saturated rings. The molecule has 0 radical (unpaired) electrons. The summed E-state index contributed by atoms with van der Waals surface area (Å²) in [5, 5.41) is 8.32. The zero-order chi connectivity index (χ0) is 41.8. The van der Waals surface area contributed by atoms with Crippen LogP contribution in [0.3, 0.4) is 0 Å². The third-order valence-corrected chi connectivity index (χ3v) is 13.3. The molecule has 3 aliphatic rings. The number of pyridine rings is 1. The predicted molar refractivity (Wildman–Crippen MR) is 252 cm³/mol. The molecule has 6 heteroatoms. The first-order chi connectivity index (χ1) is 29.4. The van der Waals surface area contributed by atoms with E-state index >= 15 is 0 Å². The van der Waals surface area contributed by atoms with Gasteiger partial charge in [0.1, 0.15) is 5.82 Å². The van der Waals surface area contributed by atoms with Crippen LogP contribution in [0.1, 0.15) is 78.0 Å². The summed E-state index contributed by atoms with van der Waals surface area (Å²) >= 11 is 0. The normalized spacial score (nSPS) is 14.7. The van der Waals surface area contributed by atoms with Gasteiger partial charge in [0, 0.05) is 50.6 Å². The van der Waals surface area contributed by atoms with Crippen LogP contribution in [0.25, 0.3) is 71.4 Å². The van der Waals surface area contributed by atoms with Gasteiger partial charge in [-0.3, -0.25) is 0 Å². The van der Waals surface area contributed by atoms with Crippen molar-refractivity contribution in [3.8, 4) is 28.7 Å². The van der Waals surface area contributed by atoms with Crippen LogP contribution in [0.2, 0.25) is 0 Å². The van der Waals surface area contributed by atoms with Crippen LogP contribution >= 0.6 is 0 Å². The topological polar surface area (TPSA) is 36.9 Å². The van der Waals surface area contributed by atoms with E-state index in [4.69, 9.17) is 9.72 Å². The quantitative estimate of drug-likeness (QED) is 0.165. The van der Waals surface area contributed by atoms with Crippen molar-refractivity contribution in [2.45, 2.75) is 77.6 Å². The Balaban J connectivity index is 0.00000458. The van der Waals surface area contributed by atoms with Crippen molar-refractivity contribution in [1.82, 2.24) is 18.7 Å². The van der Waals surface area contributed by atoms with Crippen LogP contribution in [0.4, 0.5) is 0 Å². The van der Waals surface area contributed by atoms with Gasteiger partial charge in [0.25, 0.3) is 0 Å². The molecule has 6 aromatic carbocycles. The standard InChI is InChI=1S/C56H49N4O.Pt/c1-54(2,3)36-26-29-57-52(30-36)60-48-23-15-13-21-44(48)45-25-24-37(32-49(45)60)61-38-31-46-53(56(6,7)28-27-55(46,4)5)50(33-38)58-34-51-43-20-11-10-18-41(43)39-16-8-9-17-40(39)42-19-12-14-22-47(42)59(51)35-58;/h8-26,29-31,34-35H,27-28H2,1-7H3;/q-3;. The predicted octanol–water partition coefficient (Wildman–Crippen LogP) is 14.5. The molecule has 0 saturated carbocycles. The van der Waals surface area contributed by atoms with Crippen molar-refractivity contribution < 1.29 is 25.8 Å². The molecule has 312 valence electrons. The Kier molecular flexibility index (Phi) is 9.39. The Morgan fingerprint density at radius 2 is 1.23 bits per heavy atom. The van der Waals surface area contributed by atoms with E-state index in [1.807, 2.05) is 12.3 Å². The van der Waals surface area contributed by atoms with E-state index in [1.165, 1.54) is 43.6 Å². The monoisotopic (exact) mass is 988 g/mol. The summed E-state index contributed by atoms with van der Waals surface area (Å²) in [6.07, 6.45) is 8.61. The molecule has 62 heavy (non-hydrogen) atoms. The molecule has 4 heterocycles. The molecule has 0 bridgehead atoms. The van der Waals surface area contributed by atoms with Crippen molar-refractivity contribution in [3.05, 3.63) is 175 Å². The maximum Gasteiger partial charge on any atom is 0.135 e. The maximum absolute atomic E-state index is 6.97. The number of fused-ring (bicyclic) bond motifs is 12. The average molecular weight is 989 g/mol. The molecule has 5 nitrogen and oxygen atoms in total. The second-order valence-electron chi connectivity index (χ2n) is 19.2. The van der Waals surface area contributed by atoms with Crippen LogP contribution in [-0.2, 0) is 37.3 Å². The molecule has 1 aliphatic carbocycles. The van der Waals surface area contributed by atoms with Gasteiger partial charge in [-0.05, 0) is 84.5 Å². The van der Waals surface area contributed by atoms with Crippen LogP contribution in [0.5, 0.6) is 11.5 Å². The maximum atomic E-state index is 6.97. The molecule has 2 aromatic heterocycles. The number of rotatable bonds is 4. The van der Waals surface area contributed by atoms with Gasteiger partial charge in [-0.25, -0.2) is 4.98 Å². The Morgan fingerprint density at radius 1 is 0.629 bits per heavy atom. The van der Waals surface area contributed by atoms with E-state index in [0.29, 0.717) is 11.5 Å². The first-order valence-electron chi connectivity index (χ1n) is 21.5. The molecule has 0 amide bonds. The second-order valence-corrected chi connectivity index (χ2v) is 19.2. The summed E-state index contributed by atoms with van der Waals surface area (Å²) < 4.78 is 13.9. The number of nitrogens with zero attached hydrogens (tertiary/aromatic N) is 4. The van der Waals surface area contributed by atoms with Gasteiger partial charge in [-0.1, -0.05) is 163 Å². The van der Waals surface area contributed by atoms with Crippen molar-refractivity contribution in [1.29, 1.82) is 0 Å². The van der Waals surface area contributed by atoms with Crippen LogP contribution in [0, 0.1) is 12.1 Å². The zero-order valence-corrected chi connectivity index (χ0v) is 38.6. The van der Waals surface area contributed by atoms with Gasteiger partial charge < -0.3 is 18.4 Å². The molecular formula is C56H49N4OPt-3. The van der Waals surface area contributed by atoms with E-state index in [2.05, 4.69) is 208 Å². The van der Waals surface area contributed by atoms with E-state index in [-0.39, 0.29) is 37.3 Å². The molecule has 0 N–H and O–H groups in total. The zero-order valence-electron chi connectivity index (χ0n) is 36.3. The second kappa shape index (κ2) is 14.5. The smallest absolute Gasteiger partial charge is 0.135 e. The number of benzene rings is 6. The minimum Gasteiger partial charge on any atom is -0.510 e. The fourth-order valence-electron chi connectivity index (χ4n) is 9.93. The van der Waals surface area contributed by atoms with Gasteiger partial charge in [0.15, 0.2) is 0 Å². The fraction of sp³-hybridized carbons (Fsp3) is 0.214. The summed E-state index contributed by atoms with van der Waals surface area (Å²) in [5.41, 5.74) is 8.93. The Labute approximate surface area is 377 Å². The molecule has 8 aromatic rings. The summed E-state index contributed by atoms with van der Waals surface area (Å²) in [7, 11) is 0. The number of ether oxygens (including phenoxy) is 1. The van der Waals surface area contributed by atoms with Crippen LogP contribution in [-0.4, -0.2) is 18.7 Å². The largest absolute Gasteiger partial charge is 0.510 e. The molecule has 0 spiro atoms. The summed E-state index contributed by atoms with van der Waals surface area (Å²) in [5.74, 6) is 2.17. The van der Waals surface area contributed by atoms with Gasteiger partial charge >= 0.3 is 0 Å². The van der Waals surface area contributed by atoms with Crippen molar-refractivity contribution in [2.24, 2.45) is 0 Å². The minimum absolute atomic E-state index is 0. The van der Waals surface area contributed by atoms with E-state index in [0.717, 1.165) is 57.4 Å². The van der Waals surface area contributed by atoms with Gasteiger partial charge in [-0.2, -0.15) is 23.3 Å². The van der Waals surface area contributed by atoms with Gasteiger partial charge in [-0.15, -0.1) is 29.3 Å². The molecular weight excluding hydrogens is 940 g/mol. The number of aromatic nitrogens is 4. The van der Waals surface area contributed by atoms with Crippen LogP contribution in [0.15, 0.2) is 146 Å². The van der Waals surface area contributed by atoms with Crippen molar-refractivity contribution >= 4 is 54.3 Å². The van der Waals surface area contributed by atoms with E-state index < -0.39 is 0 Å². The third kappa shape index (κ3) is 6.39. The number of hydrogen-bond donors (Lipinski definition) is 0. The summed E-state index contributed by atoms with van der Waals surface area (Å²) in [4.78, 5) is 4.90. The molecule has 0 saturated heterocycles. The Morgan fingerprint density at radius 3 is 1.94 bits per heavy atom. The number of imidazole rings is 1. The van der Waals surface area contributed by atoms with E-state index in [1.54, 1.807) is 0 Å². The Hall–Kier alpha value is -6.03. The minimum atomic E-state index is -0.0922. The third-order valence-electron chi connectivity index (χ3n) is 13.3. The summed E-state index contributed by atoms with van der Waals surface area (Å²) in [6, 6.07) is 53.2. The van der Waals surface area contributed by atoms with Gasteiger partial charge in [0.05, 0.1) is 0 Å².